The zero-order valence-electron chi connectivity index (χ0n) is 40.5. The Hall–Kier alpha value is -5.03. The van der Waals surface area contributed by atoms with Crippen LogP contribution >= 0.6 is 0 Å². The van der Waals surface area contributed by atoms with Crippen LogP contribution in [0.2, 0.25) is 0 Å². The molecule has 0 spiro atoms. The molecule has 8 atom stereocenters. The molecule has 0 radical (unpaired) electrons. The molecule has 14 nitrogen and oxygen atoms in total. The second kappa shape index (κ2) is 48.9. The largest absolute Gasteiger partial charge is 0.550 e. The van der Waals surface area contributed by atoms with Crippen LogP contribution in [0, 0.1) is 0 Å². The van der Waals surface area contributed by atoms with Crippen LogP contribution in [-0.4, -0.2) is 104 Å². The third-order valence-electron chi connectivity index (χ3n) is 8.84. The van der Waals surface area contributed by atoms with Gasteiger partial charge in [-0.05, 0) is 84.0 Å². The first-order valence-corrected chi connectivity index (χ1v) is 23.5. The van der Waals surface area contributed by atoms with Gasteiger partial charge in [-0.25, -0.2) is 0 Å². The Morgan fingerprint density at radius 3 is 1.33 bits per heavy atom. The molecule has 67 heavy (non-hydrogen) atoms. The minimum absolute atomic E-state index is 0.0581. The van der Waals surface area contributed by atoms with Gasteiger partial charge in [0.25, 0.3) is 5.91 Å². The van der Waals surface area contributed by atoms with Gasteiger partial charge in [-0.3, -0.25) is 4.79 Å². The number of aliphatic hydroxyl groups excluding tert-OH is 6. The van der Waals surface area contributed by atoms with E-state index < -0.39 is 60.6 Å². The van der Waals surface area contributed by atoms with E-state index in [0.717, 1.165) is 38.6 Å². The van der Waals surface area contributed by atoms with E-state index in [0.29, 0.717) is 38.5 Å². The number of nitrogens with one attached hydrogen (secondary N) is 1. The minimum atomic E-state index is -1.24. The summed E-state index contributed by atoms with van der Waals surface area (Å²) in [6.07, 6.45) is 46.6. The molecule has 0 heterocycles. The summed E-state index contributed by atoms with van der Waals surface area (Å²) in [6, 6.07) is -1.37. The molecule has 0 aromatic carbocycles. The average Bonchev–Trinajstić information content (AvgIpc) is 3.29. The highest BCUT2D eigenvalue weighted by Gasteiger charge is 2.17. The Labute approximate surface area is 401 Å². The zero-order valence-corrected chi connectivity index (χ0v) is 40.5. The van der Waals surface area contributed by atoms with E-state index in [9.17, 15) is 55.2 Å². The van der Waals surface area contributed by atoms with E-state index in [-0.39, 0.29) is 18.7 Å². The first kappa shape index (κ1) is 66.2. The van der Waals surface area contributed by atoms with Gasteiger partial charge in [-0.15, -0.1) is 0 Å². The lowest BCUT2D eigenvalue weighted by Crippen LogP contribution is -2.67. The predicted molar refractivity (Wildman–Crippen MR) is 265 cm³/mol. The minimum Gasteiger partial charge on any atom is -0.550 e. The highest BCUT2D eigenvalue weighted by molar-refractivity contribution is 5.84. The standard InChI is InChI=1S/C22H32O5.C22H34O3.C9H19N3O3/c1-2-3-9-14-19(23)15-10-6-4-5-7-11-16-20(24)21(25)17-12-8-13-18-22(26)27;1-3-5-7-14-18-21(24)22(25)19-15-11-9-8-10-13-17-20(23)16-12-6-4-2;1-6(11)8(13)12-7(9(14)15)4-2-3-5-10/h3-12,15-16,19-21,23-25H,2,13-14,17-18H2,1H3,(H,26,27);6-15,17,19-25H,3-5,16,18H2,1-2H3;6-7H,2-5,10-11H2,1H3,(H,12,13)(H,14,15)/b6-4-,7-5+,9-3-,12-8-,15-10+,16-11+;10-8-,11-9+,12-6-,14-7-,17-13+,19-15+;/t19-,20+,21-;20-,21-,22+;6-,7-/m000/s1. The van der Waals surface area contributed by atoms with Gasteiger partial charge in [0.1, 0.15) is 0 Å². The first-order valence-electron chi connectivity index (χ1n) is 23.5. The first-order chi connectivity index (χ1) is 32.1. The molecule has 0 aliphatic heterocycles. The number of hydrogen-bond acceptors (Lipinski definition) is 11. The average molecular weight is 940 g/mol. The maximum absolute atomic E-state index is 11.2. The van der Waals surface area contributed by atoms with Crippen LogP contribution in [0.5, 0.6) is 0 Å². The van der Waals surface area contributed by atoms with Gasteiger partial charge in [-0.2, -0.15) is 0 Å². The summed E-state index contributed by atoms with van der Waals surface area (Å²) in [5, 5.41) is 81.8. The van der Waals surface area contributed by atoms with E-state index in [4.69, 9.17) is 0 Å². The monoisotopic (exact) mass is 940 g/mol. The van der Waals surface area contributed by atoms with Crippen LogP contribution < -0.4 is 27.0 Å². The normalized spacial score (nSPS) is 16.3. The highest BCUT2D eigenvalue weighted by atomic mass is 16.4. The fraction of sp³-hybridized carbons (Fsp3) is 0.491. The van der Waals surface area contributed by atoms with Crippen molar-refractivity contribution in [2.24, 2.45) is 0 Å². The summed E-state index contributed by atoms with van der Waals surface area (Å²) >= 11 is 0. The Kier molecular flexibility index (Phi) is 48.3. The molecule has 0 aliphatic carbocycles. The summed E-state index contributed by atoms with van der Waals surface area (Å²) in [6.45, 7) is 8.58. The number of carboxylic acid groups (broad SMARTS) is 2. The van der Waals surface area contributed by atoms with Crippen molar-refractivity contribution in [2.75, 3.05) is 6.54 Å². The van der Waals surface area contributed by atoms with Crippen molar-refractivity contribution in [1.29, 1.82) is 0 Å². The number of amides is 1. The van der Waals surface area contributed by atoms with Crippen molar-refractivity contribution < 1.29 is 66.7 Å². The van der Waals surface area contributed by atoms with Crippen LogP contribution in [0.1, 0.15) is 111 Å². The number of aliphatic carboxylic acids is 2. The van der Waals surface area contributed by atoms with Crippen LogP contribution in [0.4, 0.5) is 0 Å². The molecular formula is C53H85N3O11. The third kappa shape index (κ3) is 48.7. The lowest BCUT2D eigenvalue weighted by Gasteiger charge is -2.19. The molecule has 14 heteroatoms. The van der Waals surface area contributed by atoms with E-state index in [2.05, 4.69) is 30.6 Å². The Bertz CT molecular complexity index is 1610. The van der Waals surface area contributed by atoms with E-state index in [1.54, 1.807) is 92.0 Å². The van der Waals surface area contributed by atoms with E-state index >= 15 is 0 Å². The fourth-order valence-electron chi connectivity index (χ4n) is 4.91. The molecule has 1 amide bonds. The zero-order chi connectivity index (χ0) is 50.9. The predicted octanol–water partition coefficient (Wildman–Crippen LogP) is 2.79. The number of allylic oxidation sites excluding steroid dienone is 16. The molecule has 13 N–H and O–H groups in total. The smallest absolute Gasteiger partial charge is 0.278 e. The van der Waals surface area contributed by atoms with Crippen molar-refractivity contribution >= 4 is 17.8 Å². The molecule has 0 rings (SSSR count). The van der Waals surface area contributed by atoms with Crippen molar-refractivity contribution in [3.63, 3.8) is 0 Å². The van der Waals surface area contributed by atoms with E-state index in [1.165, 1.54) is 6.08 Å². The maximum Gasteiger partial charge on any atom is 0.278 e. The van der Waals surface area contributed by atoms with Crippen LogP contribution in [0.3, 0.4) is 0 Å². The SMILES string of the molecule is CC/C=C\C[C@H](O)/C=C/C=C\C=C\C=C\[C@@H](O)[C@@H](O)C/C=C\CCC.CC/C=C\C[C@H](O)/C=C/C=C\C=C\C=C\[C@@H](O)[C@@H](O)C/C=C\CCC(=O)[O-].C[C@H]([NH3+])C(=O)N[C@@H](CCCC[NH3+])C(=O)[O-]. The molecule has 0 aliphatic rings. The molecule has 378 valence electrons. The van der Waals surface area contributed by atoms with Crippen molar-refractivity contribution in [3.8, 4) is 0 Å². The molecule has 0 bridgehead atoms. The molecule has 0 saturated carbocycles. The molecule has 0 fully saturated rings. The molecule has 0 aromatic rings. The Balaban J connectivity index is -0.000000954. The van der Waals surface area contributed by atoms with Crippen molar-refractivity contribution in [1.82, 2.24) is 5.32 Å². The molecular weight excluding hydrogens is 855 g/mol. The number of unbranched alkanes of at least 4 members (excludes halogenated alkanes) is 2. The number of rotatable bonds is 34. The third-order valence-corrected chi connectivity index (χ3v) is 8.84. The summed E-state index contributed by atoms with van der Waals surface area (Å²) in [5.74, 6) is -2.72. The van der Waals surface area contributed by atoms with Gasteiger partial charge >= 0.3 is 0 Å². The quantitative estimate of drug-likeness (QED) is 0.0257. The lowest BCUT2D eigenvalue weighted by atomic mass is 10.1. The number of hydrogen-bond donors (Lipinski definition) is 9. The van der Waals surface area contributed by atoms with Crippen LogP contribution in [0.25, 0.3) is 0 Å². The van der Waals surface area contributed by atoms with Gasteiger partial charge in [0.2, 0.25) is 0 Å². The van der Waals surface area contributed by atoms with Crippen molar-refractivity contribution in [2.45, 2.75) is 160 Å². The number of carbonyl (C=O) groups is 3. The van der Waals surface area contributed by atoms with Gasteiger partial charge < -0.3 is 67.2 Å². The second-order valence-electron chi connectivity index (χ2n) is 15.3. The van der Waals surface area contributed by atoms with Crippen LogP contribution in [0.15, 0.2) is 146 Å². The highest BCUT2D eigenvalue weighted by Crippen LogP contribution is 2.05. The van der Waals surface area contributed by atoms with Crippen LogP contribution in [-0.2, 0) is 14.4 Å². The second-order valence-corrected chi connectivity index (χ2v) is 15.3. The van der Waals surface area contributed by atoms with Gasteiger partial charge in [-0.1, -0.05) is 173 Å². The number of carbonyl (C=O) groups excluding carboxylic acids is 3. The van der Waals surface area contributed by atoms with Gasteiger partial charge in [0, 0.05) is 5.97 Å². The number of quaternary nitrogens is 2. The van der Waals surface area contributed by atoms with E-state index in [1.807, 2.05) is 61.6 Å². The van der Waals surface area contributed by atoms with Crippen molar-refractivity contribution in [3.05, 3.63) is 146 Å². The van der Waals surface area contributed by atoms with Gasteiger partial charge in [0.15, 0.2) is 6.04 Å². The topological polar surface area (TPSA) is 286 Å². The molecule has 0 saturated heterocycles. The summed E-state index contributed by atoms with van der Waals surface area (Å²) in [4.78, 5) is 32.1. The summed E-state index contributed by atoms with van der Waals surface area (Å²) < 4.78 is 0. The number of carboxylic acids is 2. The lowest BCUT2D eigenvalue weighted by molar-refractivity contribution is -0.398. The summed E-state index contributed by atoms with van der Waals surface area (Å²) in [7, 11) is 0. The summed E-state index contributed by atoms with van der Waals surface area (Å²) in [5.41, 5.74) is 7.17. The molecule has 0 unspecified atom stereocenters. The van der Waals surface area contributed by atoms with Gasteiger partial charge in [0.05, 0.1) is 55.2 Å². The Morgan fingerprint density at radius 2 is 0.955 bits per heavy atom. The Morgan fingerprint density at radius 1 is 0.552 bits per heavy atom. The maximum atomic E-state index is 11.2. The fourth-order valence-corrected chi connectivity index (χ4v) is 4.91. The molecule has 0 aromatic heterocycles. The number of aliphatic hydroxyl groups is 6.